The Morgan fingerprint density at radius 3 is 2.50 bits per heavy atom. The van der Waals surface area contributed by atoms with Gasteiger partial charge in [0.2, 0.25) is 0 Å². The lowest BCUT2D eigenvalue weighted by Crippen LogP contribution is -2.20. The van der Waals surface area contributed by atoms with Gasteiger partial charge in [0, 0.05) is 5.56 Å². The first-order chi connectivity index (χ1) is 7.44. The van der Waals surface area contributed by atoms with E-state index in [4.69, 9.17) is 0 Å². The highest BCUT2D eigenvalue weighted by molar-refractivity contribution is 5.35. The summed E-state index contributed by atoms with van der Waals surface area (Å²) in [6.45, 7) is 0.394. The van der Waals surface area contributed by atoms with E-state index in [2.05, 4.69) is 4.74 Å². The molecule has 2 nitrogen and oxygen atoms in total. The average Bonchev–Trinajstić information content (AvgIpc) is 2.25. The first-order valence-electron chi connectivity index (χ1n) is 4.90. The van der Waals surface area contributed by atoms with Gasteiger partial charge in [-0.1, -0.05) is 25.1 Å². The highest BCUT2D eigenvalue weighted by atomic mass is 19.4. The second-order valence-electron chi connectivity index (χ2n) is 3.37. The van der Waals surface area contributed by atoms with Crippen LogP contribution in [0.15, 0.2) is 24.3 Å². The standard InChI is InChI=1S/C11H13F3O2/c1-2-9(15)8-5-3-4-6-10(8)16-7-11(12,13)14/h3-6,9,15H,2,7H2,1H3/t9-/m0/s1. The molecule has 0 radical (unpaired) electrons. The van der Waals surface area contributed by atoms with E-state index in [-0.39, 0.29) is 5.75 Å². The second-order valence-corrected chi connectivity index (χ2v) is 3.37. The molecule has 0 aliphatic rings. The predicted molar refractivity (Wildman–Crippen MR) is 53.2 cm³/mol. The molecule has 16 heavy (non-hydrogen) atoms. The number of aliphatic hydroxyl groups excluding tert-OH is 1. The van der Waals surface area contributed by atoms with Crippen LogP contribution in [0.4, 0.5) is 13.2 Å². The minimum Gasteiger partial charge on any atom is -0.484 e. The predicted octanol–water partition coefficient (Wildman–Crippen LogP) is 3.07. The van der Waals surface area contributed by atoms with Gasteiger partial charge in [0.1, 0.15) is 5.75 Å². The summed E-state index contributed by atoms with van der Waals surface area (Å²) in [7, 11) is 0. The van der Waals surface area contributed by atoms with E-state index in [1.165, 1.54) is 6.07 Å². The molecule has 1 N–H and O–H groups in total. The van der Waals surface area contributed by atoms with Gasteiger partial charge in [-0.3, -0.25) is 0 Å². The quantitative estimate of drug-likeness (QED) is 0.867. The van der Waals surface area contributed by atoms with E-state index in [0.717, 1.165) is 0 Å². The molecule has 0 saturated carbocycles. The Labute approximate surface area is 91.7 Å². The lowest BCUT2D eigenvalue weighted by Gasteiger charge is -2.15. The summed E-state index contributed by atoms with van der Waals surface area (Å²) in [6, 6.07) is 6.19. The number of hydrogen-bond acceptors (Lipinski definition) is 2. The fourth-order valence-electron chi connectivity index (χ4n) is 1.27. The number of ether oxygens (including phenoxy) is 1. The van der Waals surface area contributed by atoms with Crippen LogP contribution < -0.4 is 4.74 Å². The number of hydrogen-bond donors (Lipinski definition) is 1. The Morgan fingerprint density at radius 2 is 1.94 bits per heavy atom. The van der Waals surface area contributed by atoms with Crippen molar-refractivity contribution in [2.24, 2.45) is 0 Å². The van der Waals surface area contributed by atoms with Crippen LogP contribution in [0.5, 0.6) is 5.75 Å². The van der Waals surface area contributed by atoms with Crippen LogP contribution in [0.1, 0.15) is 25.0 Å². The number of rotatable bonds is 4. The zero-order valence-electron chi connectivity index (χ0n) is 8.79. The molecule has 1 atom stereocenters. The van der Waals surface area contributed by atoms with Crippen LogP contribution >= 0.6 is 0 Å². The Kier molecular flexibility index (Phi) is 4.18. The molecule has 0 spiro atoms. The van der Waals surface area contributed by atoms with Crippen molar-refractivity contribution in [3.8, 4) is 5.75 Å². The van der Waals surface area contributed by atoms with Gasteiger partial charge in [-0.25, -0.2) is 0 Å². The van der Waals surface area contributed by atoms with Crippen LogP contribution in [0.2, 0.25) is 0 Å². The summed E-state index contributed by atoms with van der Waals surface area (Å²) in [5.74, 6) is 0.0779. The molecule has 0 unspecified atom stereocenters. The van der Waals surface area contributed by atoms with Gasteiger partial charge >= 0.3 is 6.18 Å². The molecule has 1 rings (SSSR count). The molecule has 0 bridgehead atoms. The maximum absolute atomic E-state index is 12.0. The van der Waals surface area contributed by atoms with Gasteiger partial charge in [-0.15, -0.1) is 0 Å². The van der Waals surface area contributed by atoms with Crippen molar-refractivity contribution < 1.29 is 23.0 Å². The van der Waals surface area contributed by atoms with E-state index >= 15 is 0 Å². The first-order valence-corrected chi connectivity index (χ1v) is 4.90. The molecule has 90 valence electrons. The van der Waals surface area contributed by atoms with Gasteiger partial charge in [0.25, 0.3) is 0 Å². The number of alkyl halides is 3. The largest absolute Gasteiger partial charge is 0.484 e. The highest BCUT2D eigenvalue weighted by Crippen LogP contribution is 2.28. The van der Waals surface area contributed by atoms with Crippen LogP contribution in [-0.4, -0.2) is 17.9 Å². The third-order valence-electron chi connectivity index (χ3n) is 2.06. The molecule has 0 saturated heterocycles. The molecular formula is C11H13F3O2. The molecular weight excluding hydrogens is 221 g/mol. The molecule has 0 aliphatic heterocycles. The van der Waals surface area contributed by atoms with Crippen LogP contribution in [-0.2, 0) is 0 Å². The minimum absolute atomic E-state index is 0.0779. The van der Waals surface area contributed by atoms with E-state index in [1.54, 1.807) is 25.1 Å². The van der Waals surface area contributed by atoms with Crippen molar-refractivity contribution in [1.82, 2.24) is 0 Å². The van der Waals surface area contributed by atoms with Gasteiger partial charge in [0.15, 0.2) is 6.61 Å². The van der Waals surface area contributed by atoms with Crippen LogP contribution in [0.25, 0.3) is 0 Å². The monoisotopic (exact) mass is 234 g/mol. The number of para-hydroxylation sites is 1. The highest BCUT2D eigenvalue weighted by Gasteiger charge is 2.29. The van der Waals surface area contributed by atoms with Crippen molar-refractivity contribution in [3.63, 3.8) is 0 Å². The topological polar surface area (TPSA) is 29.5 Å². The zero-order chi connectivity index (χ0) is 12.2. The van der Waals surface area contributed by atoms with Crippen LogP contribution in [0, 0.1) is 0 Å². The van der Waals surface area contributed by atoms with Crippen molar-refractivity contribution in [2.75, 3.05) is 6.61 Å². The lowest BCUT2D eigenvalue weighted by molar-refractivity contribution is -0.153. The van der Waals surface area contributed by atoms with Gasteiger partial charge in [0.05, 0.1) is 6.10 Å². The van der Waals surface area contributed by atoms with Gasteiger partial charge in [-0.2, -0.15) is 13.2 Å². The average molecular weight is 234 g/mol. The normalized spacial score (nSPS) is 13.6. The molecule has 0 heterocycles. The number of benzene rings is 1. The fraction of sp³-hybridized carbons (Fsp3) is 0.455. The molecule has 1 aromatic carbocycles. The second kappa shape index (κ2) is 5.21. The summed E-state index contributed by atoms with van der Waals surface area (Å²) in [5.41, 5.74) is 0.384. The number of halogens is 3. The van der Waals surface area contributed by atoms with Gasteiger partial charge < -0.3 is 9.84 Å². The van der Waals surface area contributed by atoms with E-state index in [1.807, 2.05) is 0 Å². The number of aliphatic hydroxyl groups is 1. The van der Waals surface area contributed by atoms with E-state index in [0.29, 0.717) is 12.0 Å². The molecule has 1 aromatic rings. The first kappa shape index (κ1) is 12.8. The summed E-state index contributed by atoms with van der Waals surface area (Å²) in [4.78, 5) is 0. The maximum atomic E-state index is 12.0. The smallest absolute Gasteiger partial charge is 0.422 e. The summed E-state index contributed by atoms with van der Waals surface area (Å²) >= 11 is 0. The van der Waals surface area contributed by atoms with Crippen LogP contribution in [0.3, 0.4) is 0 Å². The summed E-state index contributed by atoms with van der Waals surface area (Å²) in [6.07, 6.45) is -4.75. The summed E-state index contributed by atoms with van der Waals surface area (Å²) < 4.78 is 40.5. The molecule has 0 amide bonds. The Balaban J connectivity index is 2.79. The molecule has 0 fully saturated rings. The van der Waals surface area contributed by atoms with Crippen molar-refractivity contribution in [1.29, 1.82) is 0 Å². The Bertz CT molecular complexity index is 336. The van der Waals surface area contributed by atoms with E-state index < -0.39 is 18.9 Å². The van der Waals surface area contributed by atoms with E-state index in [9.17, 15) is 18.3 Å². The third-order valence-corrected chi connectivity index (χ3v) is 2.06. The van der Waals surface area contributed by atoms with Crippen molar-refractivity contribution in [2.45, 2.75) is 25.6 Å². The zero-order valence-corrected chi connectivity index (χ0v) is 8.79. The Morgan fingerprint density at radius 1 is 1.31 bits per heavy atom. The van der Waals surface area contributed by atoms with Crippen molar-refractivity contribution in [3.05, 3.63) is 29.8 Å². The Hall–Kier alpha value is -1.23. The fourth-order valence-corrected chi connectivity index (χ4v) is 1.27. The molecule has 0 aliphatic carbocycles. The van der Waals surface area contributed by atoms with Crippen molar-refractivity contribution >= 4 is 0 Å². The maximum Gasteiger partial charge on any atom is 0.422 e. The van der Waals surface area contributed by atoms with Gasteiger partial charge in [-0.05, 0) is 12.5 Å². The SMILES string of the molecule is CC[C@H](O)c1ccccc1OCC(F)(F)F. The minimum atomic E-state index is -4.37. The molecule has 0 aromatic heterocycles. The third kappa shape index (κ3) is 3.73. The lowest BCUT2D eigenvalue weighted by atomic mass is 10.1. The molecule has 5 heteroatoms. The summed E-state index contributed by atoms with van der Waals surface area (Å²) in [5, 5.41) is 9.58.